The Morgan fingerprint density at radius 3 is 2.76 bits per heavy atom. The predicted octanol–water partition coefficient (Wildman–Crippen LogP) is 1.21. The Kier molecular flexibility index (Phi) is 5.06. The largest absolute Gasteiger partial charge is 0.325 e. The fraction of sp³-hybridized carbons (Fsp3) is 0.500. The van der Waals surface area contributed by atoms with Gasteiger partial charge in [0.2, 0.25) is 4.96 Å². The van der Waals surface area contributed by atoms with E-state index in [1.54, 1.807) is 11.4 Å². The van der Waals surface area contributed by atoms with Crippen LogP contribution in [-0.4, -0.2) is 29.8 Å². The van der Waals surface area contributed by atoms with Crippen molar-refractivity contribution in [2.75, 3.05) is 0 Å². The average Bonchev–Trinajstić information content (AvgIpc) is 3.12. The molecule has 0 fully saturated rings. The maximum atomic E-state index is 11.9. The van der Waals surface area contributed by atoms with Gasteiger partial charge >= 0.3 is 5.69 Å². The fourth-order valence-electron chi connectivity index (χ4n) is 2.32. The summed E-state index contributed by atoms with van der Waals surface area (Å²) in [7, 11) is 0. The highest BCUT2D eigenvalue weighted by molar-refractivity contribution is 8.00. The molecule has 0 saturated carbocycles. The molecule has 0 spiro atoms. The molecule has 3 heterocycles. The lowest BCUT2D eigenvalue weighted by molar-refractivity contribution is 0.431. The molecule has 3 aromatic heterocycles. The van der Waals surface area contributed by atoms with Gasteiger partial charge in [-0.1, -0.05) is 43.4 Å². The first-order chi connectivity index (χ1) is 11.9. The van der Waals surface area contributed by atoms with Gasteiger partial charge in [-0.05, 0) is 12.8 Å². The van der Waals surface area contributed by atoms with Crippen molar-refractivity contribution in [2.24, 2.45) is 11.7 Å². The van der Waals surface area contributed by atoms with Crippen LogP contribution in [0, 0.1) is 12.8 Å². The summed E-state index contributed by atoms with van der Waals surface area (Å²) in [6, 6.07) is -0.232. The minimum absolute atomic E-state index is 0.232. The third-order valence-corrected chi connectivity index (χ3v) is 6.21. The summed E-state index contributed by atoms with van der Waals surface area (Å²) in [5, 5.41) is 12.8. The van der Waals surface area contributed by atoms with Gasteiger partial charge in [0, 0.05) is 17.0 Å². The first kappa shape index (κ1) is 17.8. The van der Waals surface area contributed by atoms with Gasteiger partial charge in [0.15, 0.2) is 10.2 Å². The summed E-state index contributed by atoms with van der Waals surface area (Å²) in [6.45, 7) is 5.85. The molecule has 4 N–H and O–H groups in total. The van der Waals surface area contributed by atoms with Gasteiger partial charge in [-0.25, -0.2) is 4.79 Å². The quantitative estimate of drug-likeness (QED) is 0.546. The number of nitrogens with one attached hydrogen (secondary N) is 2. The van der Waals surface area contributed by atoms with E-state index in [2.05, 4.69) is 39.1 Å². The topological polar surface area (TPSA) is 135 Å². The number of thioether (sulfide) groups is 1. The maximum Gasteiger partial charge on any atom is 0.325 e. The van der Waals surface area contributed by atoms with Crippen LogP contribution in [-0.2, 0) is 5.75 Å². The van der Waals surface area contributed by atoms with Gasteiger partial charge < -0.3 is 10.7 Å². The Morgan fingerprint density at radius 1 is 1.32 bits per heavy atom. The Hall–Kier alpha value is -1.98. The van der Waals surface area contributed by atoms with Crippen molar-refractivity contribution in [1.82, 2.24) is 29.8 Å². The lowest BCUT2D eigenvalue weighted by Crippen LogP contribution is -2.26. The fourth-order valence-corrected chi connectivity index (χ4v) is 4.29. The van der Waals surface area contributed by atoms with Crippen LogP contribution < -0.4 is 17.0 Å². The Balaban J connectivity index is 1.83. The van der Waals surface area contributed by atoms with E-state index >= 15 is 0 Å². The van der Waals surface area contributed by atoms with Gasteiger partial charge in [-0.3, -0.25) is 9.78 Å². The minimum Gasteiger partial charge on any atom is -0.321 e. The van der Waals surface area contributed by atoms with Crippen molar-refractivity contribution < 1.29 is 0 Å². The highest BCUT2D eigenvalue weighted by Gasteiger charge is 2.22. The molecule has 3 rings (SSSR count). The summed E-state index contributed by atoms with van der Waals surface area (Å²) in [6.07, 6.45) is 0.941. The first-order valence-corrected chi connectivity index (χ1v) is 9.63. The molecular weight excluding hydrogens is 362 g/mol. The smallest absolute Gasteiger partial charge is 0.321 e. The van der Waals surface area contributed by atoms with Crippen LogP contribution in [0.15, 0.2) is 13.9 Å². The highest BCUT2D eigenvalue weighted by Crippen LogP contribution is 2.29. The van der Waals surface area contributed by atoms with Gasteiger partial charge in [0.25, 0.3) is 5.56 Å². The lowest BCUT2D eigenvalue weighted by Gasteiger charge is -2.15. The molecule has 0 aromatic carbocycles. The number of hydrogen-bond donors (Lipinski definition) is 3. The summed E-state index contributed by atoms with van der Waals surface area (Å²) < 4.78 is 2.43. The Bertz CT molecular complexity index is 1000. The molecule has 2 atom stereocenters. The van der Waals surface area contributed by atoms with Crippen molar-refractivity contribution in [1.29, 1.82) is 0 Å². The van der Waals surface area contributed by atoms with E-state index in [0.717, 1.165) is 10.8 Å². The van der Waals surface area contributed by atoms with Crippen LogP contribution in [0.25, 0.3) is 4.96 Å². The zero-order valence-electron chi connectivity index (χ0n) is 14.1. The number of aryl methyl sites for hydroxylation is 1. The molecule has 134 valence electrons. The monoisotopic (exact) mass is 381 g/mol. The van der Waals surface area contributed by atoms with E-state index in [1.165, 1.54) is 23.1 Å². The van der Waals surface area contributed by atoms with Crippen molar-refractivity contribution in [3.05, 3.63) is 37.9 Å². The third-order valence-electron chi connectivity index (χ3n) is 4.15. The molecule has 9 nitrogen and oxygen atoms in total. The molecule has 0 saturated heterocycles. The summed E-state index contributed by atoms with van der Waals surface area (Å²) in [5.74, 6) is 1.31. The number of rotatable bonds is 6. The molecular formula is C14H19N7O2S2. The maximum absolute atomic E-state index is 11.9. The normalized spacial score (nSPS) is 14.1. The molecule has 0 aliphatic rings. The van der Waals surface area contributed by atoms with E-state index in [4.69, 9.17) is 5.73 Å². The second-order valence-electron chi connectivity index (χ2n) is 5.83. The SMILES string of the molecule is CCC(C)C(N)c1nnc2sc(SCc3c(C)[nH]c(=O)[nH]c3=O)nn12. The summed E-state index contributed by atoms with van der Waals surface area (Å²) >= 11 is 2.80. The van der Waals surface area contributed by atoms with E-state index < -0.39 is 5.69 Å². The Morgan fingerprint density at radius 2 is 2.08 bits per heavy atom. The molecule has 2 unspecified atom stereocenters. The number of hydrogen-bond acceptors (Lipinski definition) is 8. The second-order valence-corrected chi connectivity index (χ2v) is 8.01. The van der Waals surface area contributed by atoms with Crippen LogP contribution in [0.4, 0.5) is 0 Å². The highest BCUT2D eigenvalue weighted by atomic mass is 32.2. The molecule has 0 aliphatic carbocycles. The van der Waals surface area contributed by atoms with Gasteiger partial charge in [0.05, 0.1) is 6.04 Å². The molecule has 0 bridgehead atoms. The summed E-state index contributed by atoms with van der Waals surface area (Å²) in [5.41, 5.74) is 6.44. The predicted molar refractivity (Wildman–Crippen MR) is 97.0 cm³/mol. The van der Waals surface area contributed by atoms with Crippen LogP contribution in [0.5, 0.6) is 0 Å². The molecule has 11 heteroatoms. The number of nitrogens with zero attached hydrogens (tertiary/aromatic N) is 4. The van der Waals surface area contributed by atoms with Gasteiger partial charge in [-0.2, -0.15) is 4.52 Å². The van der Waals surface area contributed by atoms with E-state index in [0.29, 0.717) is 27.8 Å². The van der Waals surface area contributed by atoms with Gasteiger partial charge in [-0.15, -0.1) is 15.3 Å². The van der Waals surface area contributed by atoms with Crippen LogP contribution >= 0.6 is 23.1 Å². The molecule has 0 amide bonds. The van der Waals surface area contributed by atoms with Crippen molar-refractivity contribution in [2.45, 2.75) is 43.3 Å². The van der Waals surface area contributed by atoms with Crippen molar-refractivity contribution >= 4 is 28.1 Å². The minimum atomic E-state index is -0.501. The molecule has 3 aromatic rings. The van der Waals surface area contributed by atoms with Crippen LogP contribution in [0.1, 0.15) is 43.4 Å². The van der Waals surface area contributed by atoms with Crippen molar-refractivity contribution in [3.63, 3.8) is 0 Å². The average molecular weight is 381 g/mol. The Labute approximate surface area is 151 Å². The number of aromatic amines is 2. The van der Waals surface area contributed by atoms with E-state index in [1.807, 2.05) is 0 Å². The zero-order chi connectivity index (χ0) is 18.1. The van der Waals surface area contributed by atoms with Crippen LogP contribution in [0.3, 0.4) is 0 Å². The van der Waals surface area contributed by atoms with Gasteiger partial charge in [0.1, 0.15) is 0 Å². The van der Waals surface area contributed by atoms with Crippen molar-refractivity contribution in [3.8, 4) is 0 Å². The van der Waals surface area contributed by atoms with E-state index in [-0.39, 0.29) is 17.5 Å². The summed E-state index contributed by atoms with van der Waals surface area (Å²) in [4.78, 5) is 28.7. The lowest BCUT2D eigenvalue weighted by atomic mass is 10.00. The standard InChI is InChI=1S/C14H19N7O2S2/c1-4-6(2)9(15)10-18-19-13-21(10)20-14(25-13)24-5-8-7(3)16-12(23)17-11(8)22/h6,9H,4-5,15H2,1-3H3,(H2,16,17,22,23). The molecule has 25 heavy (non-hydrogen) atoms. The van der Waals surface area contributed by atoms with Crippen LogP contribution in [0.2, 0.25) is 0 Å². The molecule has 0 radical (unpaired) electrons. The third kappa shape index (κ3) is 3.53. The number of fused-ring (bicyclic) bond motifs is 1. The number of aromatic nitrogens is 6. The first-order valence-electron chi connectivity index (χ1n) is 7.83. The number of nitrogens with two attached hydrogens (primary N) is 1. The number of H-pyrrole nitrogens is 2. The van der Waals surface area contributed by atoms with E-state index in [9.17, 15) is 9.59 Å². The second kappa shape index (κ2) is 7.10. The molecule has 0 aliphatic heterocycles. The zero-order valence-corrected chi connectivity index (χ0v) is 15.7.